The molecule has 0 aliphatic rings. The van der Waals surface area contributed by atoms with Gasteiger partial charge in [0.05, 0.1) is 11.1 Å². The molecule has 0 fully saturated rings. The minimum Gasteiger partial charge on any atom is -0.312 e. The zero-order valence-electron chi connectivity index (χ0n) is 11.6. The number of nitrogens with zero attached hydrogens (tertiary/aromatic N) is 2. The third-order valence-corrected chi connectivity index (χ3v) is 3.94. The summed E-state index contributed by atoms with van der Waals surface area (Å²) in [5.41, 5.74) is 2.14. The predicted octanol–water partition coefficient (Wildman–Crippen LogP) is 0.963. The van der Waals surface area contributed by atoms with Crippen molar-refractivity contribution >= 4 is 16.2 Å². The second-order valence-electron chi connectivity index (χ2n) is 4.63. The fourth-order valence-electron chi connectivity index (χ4n) is 1.88. The molecule has 0 bridgehead atoms. The van der Waals surface area contributed by atoms with Crippen LogP contribution in [0.15, 0.2) is 48.1 Å². The molecule has 0 aliphatic heterocycles. The third-order valence-electron chi connectivity index (χ3n) is 3.01. The minimum absolute atomic E-state index is 0.135. The number of primary sulfonamides is 1. The summed E-state index contributed by atoms with van der Waals surface area (Å²) < 4.78 is 23.9. The molecule has 1 aromatic carbocycles. The molecule has 0 atom stereocenters. The van der Waals surface area contributed by atoms with Crippen LogP contribution < -0.4 is 10.5 Å². The van der Waals surface area contributed by atoms with Crippen molar-refractivity contribution in [3.63, 3.8) is 0 Å². The van der Waals surface area contributed by atoms with Crippen LogP contribution in [0.4, 0.5) is 0 Å². The zero-order chi connectivity index (χ0) is 15.3. The lowest BCUT2D eigenvalue weighted by Crippen LogP contribution is -2.16. The molecule has 0 amide bonds. The maximum Gasteiger partial charge on any atom is 0.238 e. The number of benzene rings is 1. The Morgan fingerprint density at radius 1 is 1.29 bits per heavy atom. The Bertz CT molecular complexity index is 705. The molecule has 21 heavy (non-hydrogen) atoms. The van der Waals surface area contributed by atoms with Gasteiger partial charge in [-0.15, -0.1) is 0 Å². The lowest BCUT2D eigenvalue weighted by atomic mass is 10.1. The maximum absolute atomic E-state index is 11.1. The minimum atomic E-state index is -3.61. The van der Waals surface area contributed by atoms with Gasteiger partial charge in [0.25, 0.3) is 0 Å². The van der Waals surface area contributed by atoms with Gasteiger partial charge >= 0.3 is 0 Å². The van der Waals surface area contributed by atoms with Crippen LogP contribution in [0, 0.1) is 0 Å². The number of hydrogen-bond acceptors (Lipinski definition) is 4. The molecule has 0 saturated carbocycles. The largest absolute Gasteiger partial charge is 0.312 e. The smallest absolute Gasteiger partial charge is 0.238 e. The molecule has 6 nitrogen and oxygen atoms in total. The Morgan fingerprint density at radius 2 is 2.00 bits per heavy atom. The van der Waals surface area contributed by atoms with Gasteiger partial charge in [0.1, 0.15) is 0 Å². The SMILES string of the molecule is C=Cn1cc(CNCCc2ccc(S(N)(=O)=O)cc2)cn1. The van der Waals surface area contributed by atoms with Crippen molar-refractivity contribution in [2.24, 2.45) is 5.14 Å². The van der Waals surface area contributed by atoms with Gasteiger partial charge < -0.3 is 5.32 Å². The van der Waals surface area contributed by atoms with Gasteiger partial charge in [0, 0.05) is 24.5 Å². The monoisotopic (exact) mass is 306 g/mol. The van der Waals surface area contributed by atoms with E-state index in [-0.39, 0.29) is 4.90 Å². The normalized spacial score (nSPS) is 11.5. The number of aromatic nitrogens is 2. The number of sulfonamides is 1. The van der Waals surface area contributed by atoms with Gasteiger partial charge in [-0.1, -0.05) is 18.7 Å². The van der Waals surface area contributed by atoms with Gasteiger partial charge in [-0.2, -0.15) is 5.10 Å². The summed E-state index contributed by atoms with van der Waals surface area (Å²) in [7, 11) is -3.61. The molecule has 3 N–H and O–H groups in total. The Morgan fingerprint density at radius 3 is 2.57 bits per heavy atom. The summed E-state index contributed by atoms with van der Waals surface area (Å²) >= 11 is 0. The van der Waals surface area contributed by atoms with E-state index in [2.05, 4.69) is 17.0 Å². The molecule has 1 heterocycles. The van der Waals surface area contributed by atoms with Crippen LogP contribution in [0.1, 0.15) is 11.1 Å². The average Bonchev–Trinajstić information content (AvgIpc) is 2.91. The molecule has 0 spiro atoms. The van der Waals surface area contributed by atoms with Crippen molar-refractivity contribution < 1.29 is 8.42 Å². The Hall–Kier alpha value is -1.96. The molecule has 0 aliphatic carbocycles. The van der Waals surface area contributed by atoms with Crippen LogP contribution in [-0.2, 0) is 23.0 Å². The second-order valence-corrected chi connectivity index (χ2v) is 6.19. The highest BCUT2D eigenvalue weighted by Crippen LogP contribution is 2.09. The van der Waals surface area contributed by atoms with Crippen LogP contribution in [0.5, 0.6) is 0 Å². The van der Waals surface area contributed by atoms with Crippen LogP contribution >= 0.6 is 0 Å². The Kier molecular flexibility index (Phi) is 4.89. The van der Waals surface area contributed by atoms with Crippen LogP contribution in [0.2, 0.25) is 0 Å². The first-order chi connectivity index (χ1) is 9.99. The maximum atomic E-state index is 11.1. The van der Waals surface area contributed by atoms with Crippen molar-refractivity contribution in [3.8, 4) is 0 Å². The van der Waals surface area contributed by atoms with Crippen molar-refractivity contribution in [2.75, 3.05) is 6.54 Å². The summed E-state index contributed by atoms with van der Waals surface area (Å²) in [5.74, 6) is 0. The van der Waals surface area contributed by atoms with Crippen LogP contribution in [0.3, 0.4) is 0 Å². The molecule has 0 radical (unpaired) electrons. The van der Waals surface area contributed by atoms with Gasteiger partial charge in [0.2, 0.25) is 10.0 Å². The van der Waals surface area contributed by atoms with E-state index in [1.54, 1.807) is 29.2 Å². The molecule has 2 rings (SSSR count). The molecule has 7 heteroatoms. The summed E-state index contributed by atoms with van der Waals surface area (Å²) in [6, 6.07) is 6.60. The molecule has 2 aromatic rings. The number of hydrogen-bond donors (Lipinski definition) is 2. The highest BCUT2D eigenvalue weighted by molar-refractivity contribution is 7.89. The summed E-state index contributed by atoms with van der Waals surface area (Å²) in [4.78, 5) is 0.135. The van der Waals surface area contributed by atoms with E-state index in [4.69, 9.17) is 5.14 Å². The van der Waals surface area contributed by atoms with E-state index in [9.17, 15) is 8.42 Å². The fourth-order valence-corrected chi connectivity index (χ4v) is 2.40. The molecular weight excluding hydrogens is 288 g/mol. The molecule has 0 saturated heterocycles. The average molecular weight is 306 g/mol. The van der Waals surface area contributed by atoms with Crippen molar-refractivity contribution in [2.45, 2.75) is 17.9 Å². The highest BCUT2D eigenvalue weighted by Gasteiger charge is 2.06. The van der Waals surface area contributed by atoms with Crippen LogP contribution in [0.25, 0.3) is 6.20 Å². The Balaban J connectivity index is 1.79. The highest BCUT2D eigenvalue weighted by atomic mass is 32.2. The van der Waals surface area contributed by atoms with Gasteiger partial charge in [-0.25, -0.2) is 18.2 Å². The quantitative estimate of drug-likeness (QED) is 0.746. The van der Waals surface area contributed by atoms with Crippen molar-refractivity contribution in [1.82, 2.24) is 15.1 Å². The number of nitrogens with two attached hydrogens (primary N) is 1. The summed E-state index contributed by atoms with van der Waals surface area (Å²) in [6.45, 7) is 5.14. The molecule has 1 aromatic heterocycles. The van der Waals surface area contributed by atoms with Crippen molar-refractivity contribution in [3.05, 3.63) is 54.4 Å². The fraction of sp³-hybridized carbons (Fsp3) is 0.214. The van der Waals surface area contributed by atoms with E-state index in [0.717, 1.165) is 30.6 Å². The molecule has 0 unspecified atom stereocenters. The van der Waals surface area contributed by atoms with Gasteiger partial charge in [-0.3, -0.25) is 0 Å². The van der Waals surface area contributed by atoms with E-state index < -0.39 is 10.0 Å². The van der Waals surface area contributed by atoms with E-state index >= 15 is 0 Å². The second kappa shape index (κ2) is 6.66. The number of rotatable bonds is 7. The van der Waals surface area contributed by atoms with E-state index in [0.29, 0.717) is 0 Å². The predicted molar refractivity (Wildman–Crippen MR) is 81.8 cm³/mol. The standard InChI is InChI=1S/C14H18N4O2S/c1-2-18-11-13(10-17-18)9-16-8-7-12-3-5-14(6-4-12)21(15,19)20/h2-6,10-11,16H,1,7-9H2,(H2,15,19,20). The first kappa shape index (κ1) is 15.4. The first-order valence-electron chi connectivity index (χ1n) is 6.47. The third kappa shape index (κ3) is 4.52. The summed E-state index contributed by atoms with van der Waals surface area (Å²) in [5, 5.41) is 12.4. The van der Waals surface area contributed by atoms with E-state index in [1.807, 2.05) is 6.20 Å². The van der Waals surface area contributed by atoms with Crippen molar-refractivity contribution in [1.29, 1.82) is 0 Å². The van der Waals surface area contributed by atoms with Gasteiger partial charge in [-0.05, 0) is 30.7 Å². The van der Waals surface area contributed by atoms with Crippen LogP contribution in [-0.4, -0.2) is 24.7 Å². The molecular formula is C14H18N4O2S. The van der Waals surface area contributed by atoms with E-state index in [1.165, 1.54) is 12.1 Å². The summed E-state index contributed by atoms with van der Waals surface area (Å²) in [6.07, 6.45) is 6.13. The molecule has 112 valence electrons. The topological polar surface area (TPSA) is 90.0 Å². The lowest BCUT2D eigenvalue weighted by molar-refractivity contribution is 0.597. The van der Waals surface area contributed by atoms with Gasteiger partial charge in [0.15, 0.2) is 0 Å². The zero-order valence-corrected chi connectivity index (χ0v) is 12.4. The number of nitrogens with one attached hydrogen (secondary N) is 1. The Labute approximate surface area is 124 Å². The lowest BCUT2D eigenvalue weighted by Gasteiger charge is -2.04. The first-order valence-corrected chi connectivity index (χ1v) is 8.02.